The molecule has 6 aromatic carbocycles. The second-order valence-corrected chi connectivity index (χ2v) is 15.2. The minimum Gasteiger partial charge on any atom is -0.0845 e. The van der Waals surface area contributed by atoms with Crippen LogP contribution in [0.25, 0.3) is 49.0 Å². The lowest BCUT2D eigenvalue weighted by Crippen LogP contribution is -2.15. The summed E-state index contributed by atoms with van der Waals surface area (Å²) in [6.45, 7) is 21.2. The fraction of sp³-hybridized carbons (Fsp3) is 0.276. The lowest BCUT2D eigenvalue weighted by molar-refractivity contribution is 0.639. The Balaban J connectivity index is 0.00000102. The Bertz CT molecular complexity index is 2450. The minimum absolute atomic E-state index is 0.0814. The highest BCUT2D eigenvalue weighted by Gasteiger charge is 2.33. The second kappa shape index (κ2) is 20.8. The largest absolute Gasteiger partial charge is 0.0845 e. The molecule has 0 aromatic heterocycles. The fourth-order valence-electron chi connectivity index (χ4n) is 8.58. The van der Waals surface area contributed by atoms with Crippen molar-refractivity contribution in [1.82, 2.24) is 0 Å². The van der Waals surface area contributed by atoms with Gasteiger partial charge in [0.05, 0.1) is 0 Å². The first-order valence-corrected chi connectivity index (χ1v) is 22.0. The van der Waals surface area contributed by atoms with E-state index in [1.807, 2.05) is 41.5 Å². The molecular formula is C58H66. The molecule has 2 aliphatic carbocycles. The van der Waals surface area contributed by atoms with Crippen LogP contribution in [0, 0.1) is 0 Å². The zero-order valence-corrected chi connectivity index (χ0v) is 37.0. The third-order valence-electron chi connectivity index (χ3n) is 11.7. The van der Waals surface area contributed by atoms with Crippen molar-refractivity contribution in [3.63, 3.8) is 0 Å². The van der Waals surface area contributed by atoms with E-state index in [1.54, 1.807) is 0 Å². The van der Waals surface area contributed by atoms with E-state index in [4.69, 9.17) is 0 Å². The van der Waals surface area contributed by atoms with E-state index in [2.05, 4.69) is 192 Å². The molecule has 0 heterocycles. The van der Waals surface area contributed by atoms with Crippen molar-refractivity contribution < 1.29 is 0 Å². The molecule has 0 saturated carbocycles. The van der Waals surface area contributed by atoms with Crippen molar-refractivity contribution in [2.45, 2.75) is 106 Å². The Morgan fingerprint density at radius 1 is 0.672 bits per heavy atom. The van der Waals surface area contributed by atoms with Gasteiger partial charge in [-0.2, -0.15) is 0 Å². The van der Waals surface area contributed by atoms with Crippen LogP contribution < -0.4 is 0 Å². The molecule has 0 radical (unpaired) electrons. The summed E-state index contributed by atoms with van der Waals surface area (Å²) in [5.41, 5.74) is 12.6. The predicted octanol–water partition coefficient (Wildman–Crippen LogP) is 17.6. The molecule has 0 bridgehead atoms. The maximum Gasteiger partial charge on any atom is 0.0118 e. The molecule has 0 fully saturated rings. The smallest absolute Gasteiger partial charge is 0.0118 e. The van der Waals surface area contributed by atoms with E-state index in [-0.39, 0.29) is 5.41 Å². The number of fused-ring (bicyclic) bond motifs is 4. The van der Waals surface area contributed by atoms with E-state index in [0.29, 0.717) is 5.92 Å². The van der Waals surface area contributed by atoms with Crippen molar-refractivity contribution in [1.29, 1.82) is 0 Å². The number of hydrogen-bond donors (Lipinski definition) is 0. The Labute approximate surface area is 351 Å². The van der Waals surface area contributed by atoms with Crippen LogP contribution in [0.15, 0.2) is 175 Å². The van der Waals surface area contributed by atoms with Crippen LogP contribution in [0.1, 0.15) is 117 Å². The maximum absolute atomic E-state index is 2.46. The fourth-order valence-corrected chi connectivity index (χ4v) is 8.58. The van der Waals surface area contributed by atoms with Gasteiger partial charge in [0, 0.05) is 11.3 Å². The van der Waals surface area contributed by atoms with Gasteiger partial charge in [-0.25, -0.2) is 0 Å². The van der Waals surface area contributed by atoms with Crippen LogP contribution in [0.2, 0.25) is 0 Å². The van der Waals surface area contributed by atoms with Gasteiger partial charge in [0.15, 0.2) is 0 Å². The molecule has 0 saturated heterocycles. The van der Waals surface area contributed by atoms with Gasteiger partial charge in [0.2, 0.25) is 0 Å². The Morgan fingerprint density at radius 3 is 1.93 bits per heavy atom. The van der Waals surface area contributed by atoms with Crippen molar-refractivity contribution in [2.24, 2.45) is 0 Å². The van der Waals surface area contributed by atoms with Crippen LogP contribution in [0.3, 0.4) is 0 Å². The van der Waals surface area contributed by atoms with Crippen molar-refractivity contribution in [2.75, 3.05) is 0 Å². The summed E-state index contributed by atoms with van der Waals surface area (Å²) in [6.07, 6.45) is 24.7. The van der Waals surface area contributed by atoms with Crippen LogP contribution >= 0.6 is 0 Å². The summed E-state index contributed by atoms with van der Waals surface area (Å²) in [5.74, 6) is 0.362. The van der Waals surface area contributed by atoms with Gasteiger partial charge in [-0.05, 0) is 123 Å². The number of benzene rings is 6. The SMILES string of the molecule is CC.CC.CC.CC1=C(/C=C\C/C(C)=C/C=C\Cc2c3ccccc3c(-c3cc4ccccc4cc3C3C=CC=CCC3)c3ccccc23)c2ccccc2C1(C)C. The third kappa shape index (κ3) is 9.13. The first kappa shape index (κ1) is 43.7. The molecule has 0 N–H and O–H groups in total. The van der Waals surface area contributed by atoms with Gasteiger partial charge in [0.25, 0.3) is 0 Å². The van der Waals surface area contributed by atoms with Crippen molar-refractivity contribution >= 4 is 37.9 Å². The molecular weight excluding hydrogens is 697 g/mol. The molecule has 0 nitrogen and oxygen atoms in total. The van der Waals surface area contributed by atoms with E-state index >= 15 is 0 Å². The summed E-state index contributed by atoms with van der Waals surface area (Å²) in [4.78, 5) is 0. The lowest BCUT2D eigenvalue weighted by atomic mass is 9.81. The van der Waals surface area contributed by atoms with Crippen LogP contribution in [-0.4, -0.2) is 0 Å². The predicted molar refractivity (Wildman–Crippen MR) is 261 cm³/mol. The topological polar surface area (TPSA) is 0 Å². The molecule has 58 heavy (non-hydrogen) atoms. The first-order valence-electron chi connectivity index (χ1n) is 22.0. The summed E-state index contributed by atoms with van der Waals surface area (Å²) in [7, 11) is 0. The lowest BCUT2D eigenvalue weighted by Gasteiger charge is -2.22. The zero-order chi connectivity index (χ0) is 41.7. The number of rotatable bonds is 8. The van der Waals surface area contributed by atoms with Gasteiger partial charge < -0.3 is 0 Å². The van der Waals surface area contributed by atoms with Crippen LogP contribution in [-0.2, 0) is 11.8 Å². The molecule has 6 aromatic rings. The van der Waals surface area contributed by atoms with Crippen LogP contribution in [0.5, 0.6) is 0 Å². The monoisotopic (exact) mass is 763 g/mol. The summed E-state index contributed by atoms with van der Waals surface area (Å²) >= 11 is 0. The van der Waals surface area contributed by atoms with E-state index in [9.17, 15) is 0 Å². The molecule has 298 valence electrons. The Morgan fingerprint density at radius 2 is 1.26 bits per heavy atom. The average molecular weight is 763 g/mol. The van der Waals surface area contributed by atoms with Gasteiger partial charge in [-0.1, -0.05) is 218 Å². The standard InChI is InChI=1S/C52H48.3C2H6/c1-36(21-19-32-41-37(2)52(3,4)50-33-18-17-29-45(41)50)20-9-12-26-42-43-27-13-15-30-46(43)51(47-31-16-14-28-44(42)47)49-35-40-25-11-10-24-39(40)34-48(49)38-22-7-5-6-8-23-38;3*1-2/h5-7,9-20,22,24-25,27-35,38H,8,21,23,26H2,1-4H3;3*1-2H3/b12-9-,32-19-,36-20+;;;. The molecule has 2 aliphatic rings. The maximum atomic E-state index is 2.46. The van der Waals surface area contributed by atoms with Crippen LogP contribution in [0.4, 0.5) is 0 Å². The number of hydrogen-bond acceptors (Lipinski definition) is 0. The molecule has 8 rings (SSSR count). The highest BCUT2D eigenvalue weighted by atomic mass is 14.4. The number of allylic oxidation sites excluding steroid dienone is 12. The molecule has 0 heteroatoms. The normalized spacial score (nSPS) is 15.8. The first-order chi connectivity index (χ1) is 28.4. The summed E-state index contributed by atoms with van der Waals surface area (Å²) < 4.78 is 0. The minimum atomic E-state index is 0.0814. The highest BCUT2D eigenvalue weighted by Crippen LogP contribution is 2.47. The van der Waals surface area contributed by atoms with Gasteiger partial charge in [0.1, 0.15) is 0 Å². The molecule has 1 unspecified atom stereocenters. The van der Waals surface area contributed by atoms with Gasteiger partial charge >= 0.3 is 0 Å². The van der Waals surface area contributed by atoms with Crippen molar-refractivity contribution in [3.05, 3.63) is 197 Å². The third-order valence-corrected chi connectivity index (χ3v) is 11.7. The van der Waals surface area contributed by atoms with Gasteiger partial charge in [-0.15, -0.1) is 0 Å². The zero-order valence-electron chi connectivity index (χ0n) is 37.0. The Hall–Kier alpha value is -5.46. The summed E-state index contributed by atoms with van der Waals surface area (Å²) in [5, 5.41) is 7.93. The van der Waals surface area contributed by atoms with E-state index in [1.165, 1.54) is 82.4 Å². The summed E-state index contributed by atoms with van der Waals surface area (Å²) in [6, 6.07) is 40.8. The van der Waals surface area contributed by atoms with E-state index in [0.717, 1.165) is 25.7 Å². The Kier molecular flexibility index (Phi) is 15.7. The molecule has 0 aliphatic heterocycles. The van der Waals surface area contributed by atoms with Gasteiger partial charge in [-0.3, -0.25) is 0 Å². The average Bonchev–Trinajstić information content (AvgIpc) is 3.45. The highest BCUT2D eigenvalue weighted by molar-refractivity contribution is 6.16. The second-order valence-electron chi connectivity index (χ2n) is 15.2. The van der Waals surface area contributed by atoms with E-state index < -0.39 is 0 Å². The van der Waals surface area contributed by atoms with Crippen molar-refractivity contribution in [3.8, 4) is 11.1 Å². The molecule has 0 spiro atoms. The quantitative estimate of drug-likeness (QED) is 0.107. The molecule has 0 amide bonds. The molecule has 1 atom stereocenters.